The zero-order valence-corrected chi connectivity index (χ0v) is 12.1. The maximum Gasteiger partial charge on any atom is 0.122 e. The minimum absolute atomic E-state index is 0.0966. The zero-order valence-electron chi connectivity index (χ0n) is 12.1. The van der Waals surface area contributed by atoms with Crippen LogP contribution in [0.15, 0.2) is 24.3 Å². The number of piperidine rings is 1. The van der Waals surface area contributed by atoms with Crippen molar-refractivity contribution in [1.29, 1.82) is 5.41 Å². The van der Waals surface area contributed by atoms with Gasteiger partial charge in [0, 0.05) is 23.4 Å². The molecule has 0 aliphatic carbocycles. The molecule has 2 aliphatic heterocycles. The maximum absolute atomic E-state index is 7.71. The Labute approximate surface area is 120 Å². The Morgan fingerprint density at radius 2 is 2.10 bits per heavy atom. The lowest BCUT2D eigenvalue weighted by Gasteiger charge is -2.39. The van der Waals surface area contributed by atoms with E-state index in [4.69, 9.17) is 15.9 Å². The van der Waals surface area contributed by atoms with Gasteiger partial charge in [-0.2, -0.15) is 0 Å². The number of nitrogens with one attached hydrogen (secondary N) is 1. The molecule has 1 saturated heterocycles. The number of benzene rings is 1. The van der Waals surface area contributed by atoms with Gasteiger partial charge in [-0.05, 0) is 32.0 Å². The third kappa shape index (κ3) is 2.40. The van der Waals surface area contributed by atoms with Gasteiger partial charge in [0.1, 0.15) is 5.75 Å². The second kappa shape index (κ2) is 5.09. The van der Waals surface area contributed by atoms with Gasteiger partial charge < -0.3 is 15.4 Å². The predicted molar refractivity (Wildman–Crippen MR) is 80.4 cm³/mol. The van der Waals surface area contributed by atoms with Crippen molar-refractivity contribution in [2.45, 2.75) is 25.7 Å². The van der Waals surface area contributed by atoms with E-state index in [0.29, 0.717) is 11.8 Å². The zero-order chi connectivity index (χ0) is 14.2. The molecule has 2 heterocycles. The number of rotatable bonds is 3. The Kier molecular flexibility index (Phi) is 3.42. The molecule has 1 fully saturated rings. The normalized spacial score (nSPS) is 24.9. The van der Waals surface area contributed by atoms with Gasteiger partial charge in [0.05, 0.1) is 12.4 Å². The van der Waals surface area contributed by atoms with Crippen LogP contribution in [0.25, 0.3) is 0 Å². The lowest BCUT2D eigenvalue weighted by molar-refractivity contribution is 0.149. The van der Waals surface area contributed by atoms with Crippen molar-refractivity contribution < 1.29 is 4.74 Å². The van der Waals surface area contributed by atoms with Crippen LogP contribution in [-0.4, -0.2) is 37.0 Å². The molecule has 4 heteroatoms. The number of ether oxygens (including phenoxy) is 1. The monoisotopic (exact) mass is 273 g/mol. The highest BCUT2D eigenvalue weighted by atomic mass is 16.5. The van der Waals surface area contributed by atoms with E-state index in [1.165, 1.54) is 5.56 Å². The SMILES string of the molecule is CC1(C(=N)N)CCN(CC2COc3ccccc32)CC1. The van der Waals surface area contributed by atoms with Crippen molar-refractivity contribution in [2.75, 3.05) is 26.2 Å². The van der Waals surface area contributed by atoms with Gasteiger partial charge in [0.25, 0.3) is 0 Å². The van der Waals surface area contributed by atoms with E-state index < -0.39 is 0 Å². The molecule has 0 bridgehead atoms. The van der Waals surface area contributed by atoms with Gasteiger partial charge in [0.15, 0.2) is 0 Å². The summed E-state index contributed by atoms with van der Waals surface area (Å²) in [6, 6.07) is 8.35. The molecule has 108 valence electrons. The first-order chi connectivity index (χ1) is 9.58. The first-order valence-electron chi connectivity index (χ1n) is 7.37. The minimum Gasteiger partial charge on any atom is -0.493 e. The number of fused-ring (bicyclic) bond motifs is 1. The Balaban J connectivity index is 1.60. The van der Waals surface area contributed by atoms with Crippen LogP contribution in [0.3, 0.4) is 0 Å². The van der Waals surface area contributed by atoms with Gasteiger partial charge in [-0.3, -0.25) is 5.41 Å². The summed E-state index contributed by atoms with van der Waals surface area (Å²) in [5, 5.41) is 7.71. The molecule has 2 aliphatic rings. The fourth-order valence-corrected chi connectivity index (χ4v) is 3.19. The van der Waals surface area contributed by atoms with Crippen molar-refractivity contribution in [3.63, 3.8) is 0 Å². The van der Waals surface area contributed by atoms with Gasteiger partial charge in [-0.25, -0.2) is 0 Å². The van der Waals surface area contributed by atoms with Crippen LogP contribution in [0.4, 0.5) is 0 Å². The lowest BCUT2D eigenvalue weighted by Crippen LogP contribution is -2.46. The Hall–Kier alpha value is -1.55. The Morgan fingerprint density at radius 3 is 2.80 bits per heavy atom. The average Bonchev–Trinajstić information content (AvgIpc) is 2.85. The molecule has 0 saturated carbocycles. The molecule has 0 radical (unpaired) electrons. The highest BCUT2D eigenvalue weighted by Crippen LogP contribution is 2.36. The summed E-state index contributed by atoms with van der Waals surface area (Å²) in [6.07, 6.45) is 1.97. The van der Waals surface area contributed by atoms with Crippen LogP contribution >= 0.6 is 0 Å². The van der Waals surface area contributed by atoms with Gasteiger partial charge in [-0.15, -0.1) is 0 Å². The number of nitrogens with zero attached hydrogens (tertiary/aromatic N) is 1. The van der Waals surface area contributed by atoms with Crippen LogP contribution in [0.2, 0.25) is 0 Å². The first-order valence-corrected chi connectivity index (χ1v) is 7.37. The third-order valence-corrected chi connectivity index (χ3v) is 4.89. The Bertz CT molecular complexity index is 506. The van der Waals surface area contributed by atoms with Gasteiger partial charge in [0.2, 0.25) is 0 Å². The van der Waals surface area contributed by atoms with E-state index in [1.54, 1.807) is 0 Å². The smallest absolute Gasteiger partial charge is 0.122 e. The third-order valence-electron chi connectivity index (χ3n) is 4.89. The van der Waals surface area contributed by atoms with Crippen molar-refractivity contribution in [3.05, 3.63) is 29.8 Å². The van der Waals surface area contributed by atoms with Crippen molar-refractivity contribution in [2.24, 2.45) is 11.1 Å². The summed E-state index contributed by atoms with van der Waals surface area (Å²) in [6.45, 7) is 6.00. The molecule has 0 amide bonds. The standard InChI is InChI=1S/C16H23N3O/c1-16(15(17)18)6-8-19(9-7-16)10-12-11-20-14-5-3-2-4-13(12)14/h2-5,12H,6-11H2,1H3,(H3,17,18). The van der Waals surface area contributed by atoms with Crippen LogP contribution < -0.4 is 10.5 Å². The molecule has 0 aromatic heterocycles. The summed E-state index contributed by atoms with van der Waals surface area (Å²) < 4.78 is 5.75. The van der Waals surface area contributed by atoms with E-state index in [1.807, 2.05) is 6.07 Å². The fraction of sp³-hybridized carbons (Fsp3) is 0.562. The second-order valence-corrected chi connectivity index (χ2v) is 6.32. The van der Waals surface area contributed by atoms with Crippen LogP contribution in [-0.2, 0) is 0 Å². The average molecular weight is 273 g/mol. The maximum atomic E-state index is 7.71. The summed E-state index contributed by atoms with van der Waals surface area (Å²) in [5.74, 6) is 1.86. The largest absolute Gasteiger partial charge is 0.493 e. The van der Waals surface area contributed by atoms with Crippen molar-refractivity contribution in [3.8, 4) is 5.75 Å². The number of likely N-dealkylation sites (tertiary alicyclic amines) is 1. The number of amidine groups is 1. The van der Waals surface area contributed by atoms with E-state index in [2.05, 4.69) is 30.0 Å². The summed E-state index contributed by atoms with van der Waals surface area (Å²) in [5.41, 5.74) is 6.96. The molecule has 0 spiro atoms. The van der Waals surface area contributed by atoms with E-state index in [9.17, 15) is 0 Å². The Morgan fingerprint density at radius 1 is 1.40 bits per heavy atom. The minimum atomic E-state index is -0.0966. The molecule has 1 aromatic carbocycles. The number of hydrogen-bond acceptors (Lipinski definition) is 3. The molecular weight excluding hydrogens is 250 g/mol. The van der Waals surface area contributed by atoms with Crippen molar-refractivity contribution in [1.82, 2.24) is 4.90 Å². The molecule has 4 nitrogen and oxygen atoms in total. The number of para-hydroxylation sites is 1. The van der Waals surface area contributed by atoms with Crippen molar-refractivity contribution >= 4 is 5.84 Å². The highest BCUT2D eigenvalue weighted by molar-refractivity contribution is 5.83. The van der Waals surface area contributed by atoms with Gasteiger partial charge >= 0.3 is 0 Å². The van der Waals surface area contributed by atoms with Crippen LogP contribution in [0.5, 0.6) is 5.75 Å². The van der Waals surface area contributed by atoms with Gasteiger partial charge in [-0.1, -0.05) is 25.1 Å². The number of hydrogen-bond donors (Lipinski definition) is 2. The van der Waals surface area contributed by atoms with Crippen LogP contribution in [0.1, 0.15) is 31.2 Å². The second-order valence-electron chi connectivity index (χ2n) is 6.32. The number of nitrogens with two attached hydrogens (primary N) is 1. The molecule has 20 heavy (non-hydrogen) atoms. The highest BCUT2D eigenvalue weighted by Gasteiger charge is 2.34. The molecule has 1 aromatic rings. The fourth-order valence-electron chi connectivity index (χ4n) is 3.19. The van der Waals surface area contributed by atoms with E-state index in [-0.39, 0.29) is 5.41 Å². The summed E-state index contributed by atoms with van der Waals surface area (Å²) in [4.78, 5) is 2.49. The molecule has 3 N–H and O–H groups in total. The lowest BCUT2D eigenvalue weighted by atomic mass is 9.79. The molecule has 1 unspecified atom stereocenters. The molecule has 1 atom stereocenters. The van der Waals surface area contributed by atoms with Crippen LogP contribution in [0, 0.1) is 10.8 Å². The summed E-state index contributed by atoms with van der Waals surface area (Å²) in [7, 11) is 0. The predicted octanol–water partition coefficient (Wildman–Crippen LogP) is 2.20. The van der Waals surface area contributed by atoms with E-state index in [0.717, 1.165) is 44.8 Å². The quantitative estimate of drug-likeness (QED) is 0.655. The first kappa shape index (κ1) is 13.4. The molecular formula is C16H23N3O. The summed E-state index contributed by atoms with van der Waals surface area (Å²) >= 11 is 0. The molecule has 3 rings (SSSR count). The topological polar surface area (TPSA) is 62.3 Å². The van der Waals surface area contributed by atoms with E-state index >= 15 is 0 Å².